The van der Waals surface area contributed by atoms with E-state index in [-0.39, 0.29) is 11.4 Å². The summed E-state index contributed by atoms with van der Waals surface area (Å²) in [5, 5.41) is 0. The first-order valence-corrected chi connectivity index (χ1v) is 10.7. The second-order valence-electron chi connectivity index (χ2n) is 8.82. The molecule has 1 aliphatic carbocycles. The number of hydrogen-bond donors (Lipinski definition) is 0. The summed E-state index contributed by atoms with van der Waals surface area (Å²) in [7, 11) is 3.89. The van der Waals surface area contributed by atoms with Crippen LogP contribution in [0.4, 0.5) is 0 Å². The van der Waals surface area contributed by atoms with E-state index in [1.165, 1.54) is 5.56 Å². The highest BCUT2D eigenvalue weighted by molar-refractivity contribution is 5.93. The number of carbonyl (C=O) groups is 1. The van der Waals surface area contributed by atoms with E-state index in [4.69, 9.17) is 9.47 Å². The Balaban J connectivity index is 1.61. The molecule has 1 aliphatic heterocycles. The summed E-state index contributed by atoms with van der Waals surface area (Å²) in [4.78, 5) is 15.3. The molecule has 2 aromatic carbocycles. The van der Waals surface area contributed by atoms with E-state index < -0.39 is 0 Å². The Bertz CT molecular complexity index is 989. The van der Waals surface area contributed by atoms with E-state index in [0.29, 0.717) is 11.6 Å². The standard InChI is InChI=1S/C26H31NO3/c1-17-7-6-8-18(2)24(17)25(28)30-21-11-12-26(13-14-27(4)23(26)16-21)20-9-10-22(29-5)19(3)15-20/h6-11,15,23H,12-14,16H2,1-5H3. The summed E-state index contributed by atoms with van der Waals surface area (Å²) in [6.07, 6.45) is 4.87. The van der Waals surface area contributed by atoms with Gasteiger partial charge in [0.2, 0.25) is 0 Å². The highest BCUT2D eigenvalue weighted by Crippen LogP contribution is 2.48. The molecule has 1 heterocycles. The number of likely N-dealkylation sites (tertiary alicyclic amines) is 1. The molecule has 0 N–H and O–H groups in total. The molecule has 2 unspecified atom stereocenters. The largest absolute Gasteiger partial charge is 0.496 e. The van der Waals surface area contributed by atoms with Gasteiger partial charge in [0.25, 0.3) is 0 Å². The molecule has 2 aliphatic rings. The molecule has 2 atom stereocenters. The number of rotatable bonds is 4. The third-order valence-electron chi connectivity index (χ3n) is 7.05. The zero-order chi connectivity index (χ0) is 21.5. The van der Waals surface area contributed by atoms with E-state index in [9.17, 15) is 4.79 Å². The second-order valence-corrected chi connectivity index (χ2v) is 8.82. The Morgan fingerprint density at radius 3 is 2.50 bits per heavy atom. The van der Waals surface area contributed by atoms with Crippen LogP contribution < -0.4 is 4.74 Å². The van der Waals surface area contributed by atoms with Crippen molar-refractivity contribution < 1.29 is 14.3 Å². The van der Waals surface area contributed by atoms with Gasteiger partial charge in [-0.2, -0.15) is 0 Å². The Labute approximate surface area is 179 Å². The Morgan fingerprint density at radius 2 is 1.83 bits per heavy atom. The maximum Gasteiger partial charge on any atom is 0.343 e. The number of methoxy groups -OCH3 is 1. The smallest absolute Gasteiger partial charge is 0.343 e. The van der Waals surface area contributed by atoms with Crippen molar-refractivity contribution in [1.82, 2.24) is 4.90 Å². The quantitative estimate of drug-likeness (QED) is 0.664. The number of hydrogen-bond acceptors (Lipinski definition) is 4. The average Bonchev–Trinajstić information content (AvgIpc) is 3.05. The van der Waals surface area contributed by atoms with E-state index in [2.05, 4.69) is 43.1 Å². The van der Waals surface area contributed by atoms with Crippen LogP contribution in [-0.4, -0.2) is 37.6 Å². The fourth-order valence-electron chi connectivity index (χ4n) is 5.31. The summed E-state index contributed by atoms with van der Waals surface area (Å²) in [5.74, 6) is 1.47. The maximum atomic E-state index is 12.9. The van der Waals surface area contributed by atoms with Crippen LogP contribution in [0, 0.1) is 20.8 Å². The first kappa shape index (κ1) is 20.7. The molecular weight excluding hydrogens is 374 g/mol. The number of allylic oxidation sites excluding steroid dienone is 1. The topological polar surface area (TPSA) is 38.8 Å². The molecule has 158 valence electrons. The van der Waals surface area contributed by atoms with Crippen LogP contribution in [-0.2, 0) is 10.2 Å². The van der Waals surface area contributed by atoms with E-state index in [0.717, 1.165) is 54.0 Å². The summed E-state index contributed by atoms with van der Waals surface area (Å²) >= 11 is 0. The van der Waals surface area contributed by atoms with Crippen molar-refractivity contribution in [1.29, 1.82) is 0 Å². The Morgan fingerprint density at radius 1 is 1.10 bits per heavy atom. The summed E-state index contributed by atoms with van der Waals surface area (Å²) < 4.78 is 11.4. The number of fused-ring (bicyclic) bond motifs is 1. The Hall–Kier alpha value is -2.59. The van der Waals surface area contributed by atoms with Crippen LogP contribution >= 0.6 is 0 Å². The van der Waals surface area contributed by atoms with Crippen LogP contribution in [0.5, 0.6) is 5.75 Å². The summed E-state index contributed by atoms with van der Waals surface area (Å²) in [6.45, 7) is 7.06. The summed E-state index contributed by atoms with van der Waals surface area (Å²) in [5.41, 5.74) is 5.16. The molecular formula is C26H31NO3. The van der Waals surface area contributed by atoms with Crippen molar-refractivity contribution in [3.63, 3.8) is 0 Å². The van der Waals surface area contributed by atoms with Gasteiger partial charge in [0.1, 0.15) is 11.5 Å². The molecule has 0 amide bonds. The molecule has 4 nitrogen and oxygen atoms in total. The molecule has 0 saturated carbocycles. The molecule has 1 fully saturated rings. The van der Waals surface area contributed by atoms with Crippen molar-refractivity contribution in [2.45, 2.75) is 51.5 Å². The molecule has 4 heteroatoms. The number of likely N-dealkylation sites (N-methyl/N-ethyl adjacent to an activating group) is 1. The molecule has 0 spiro atoms. The lowest BCUT2D eigenvalue weighted by molar-refractivity contribution is 0.0578. The van der Waals surface area contributed by atoms with Gasteiger partial charge in [0.15, 0.2) is 0 Å². The third kappa shape index (κ3) is 3.43. The van der Waals surface area contributed by atoms with Gasteiger partial charge >= 0.3 is 5.97 Å². The highest BCUT2D eigenvalue weighted by Gasteiger charge is 2.49. The zero-order valence-corrected chi connectivity index (χ0v) is 18.6. The molecule has 0 aromatic heterocycles. The molecule has 4 rings (SSSR count). The van der Waals surface area contributed by atoms with Crippen LogP contribution in [0.1, 0.15) is 51.9 Å². The van der Waals surface area contributed by atoms with Gasteiger partial charge in [-0.25, -0.2) is 4.79 Å². The van der Waals surface area contributed by atoms with Gasteiger partial charge in [-0.3, -0.25) is 0 Å². The second kappa shape index (κ2) is 7.92. The van der Waals surface area contributed by atoms with Crippen LogP contribution in [0.3, 0.4) is 0 Å². The van der Waals surface area contributed by atoms with Gasteiger partial charge in [-0.15, -0.1) is 0 Å². The SMILES string of the molecule is COc1ccc(C23CC=C(OC(=O)c4c(C)cccc4C)CC2N(C)CC3)cc1C. The number of esters is 1. The van der Waals surface area contributed by atoms with E-state index in [1.807, 2.05) is 32.0 Å². The normalized spacial score (nSPS) is 23.6. The molecule has 30 heavy (non-hydrogen) atoms. The summed E-state index contributed by atoms with van der Waals surface area (Å²) in [6, 6.07) is 12.8. The number of ether oxygens (including phenoxy) is 2. The molecule has 2 aromatic rings. The van der Waals surface area contributed by atoms with Crippen LogP contribution in [0.25, 0.3) is 0 Å². The predicted octanol–water partition coefficient (Wildman–Crippen LogP) is 5.10. The van der Waals surface area contributed by atoms with Crippen molar-refractivity contribution >= 4 is 5.97 Å². The van der Waals surface area contributed by atoms with Gasteiger partial charge in [-0.1, -0.05) is 30.3 Å². The lowest BCUT2D eigenvalue weighted by atomic mass is 9.68. The number of nitrogens with zero attached hydrogens (tertiary/aromatic N) is 1. The molecule has 0 radical (unpaired) electrons. The first-order valence-electron chi connectivity index (χ1n) is 10.7. The van der Waals surface area contributed by atoms with Crippen molar-refractivity contribution in [2.75, 3.05) is 20.7 Å². The number of aryl methyl sites for hydroxylation is 3. The van der Waals surface area contributed by atoms with Gasteiger partial charge < -0.3 is 14.4 Å². The zero-order valence-electron chi connectivity index (χ0n) is 18.6. The highest BCUT2D eigenvalue weighted by atomic mass is 16.5. The average molecular weight is 406 g/mol. The minimum absolute atomic E-state index is 0.0558. The first-order chi connectivity index (χ1) is 14.4. The van der Waals surface area contributed by atoms with Crippen molar-refractivity contribution in [3.8, 4) is 5.75 Å². The fourth-order valence-corrected chi connectivity index (χ4v) is 5.31. The van der Waals surface area contributed by atoms with E-state index in [1.54, 1.807) is 7.11 Å². The van der Waals surface area contributed by atoms with Crippen LogP contribution in [0.2, 0.25) is 0 Å². The maximum absolute atomic E-state index is 12.9. The minimum atomic E-state index is -0.245. The van der Waals surface area contributed by atoms with Gasteiger partial charge in [-0.05, 0) is 81.6 Å². The minimum Gasteiger partial charge on any atom is -0.496 e. The fraction of sp³-hybridized carbons (Fsp3) is 0.423. The monoisotopic (exact) mass is 405 g/mol. The molecule has 0 bridgehead atoms. The van der Waals surface area contributed by atoms with E-state index >= 15 is 0 Å². The van der Waals surface area contributed by atoms with Crippen molar-refractivity contribution in [3.05, 3.63) is 76.1 Å². The predicted molar refractivity (Wildman–Crippen MR) is 119 cm³/mol. The third-order valence-corrected chi connectivity index (χ3v) is 7.05. The lowest BCUT2D eigenvalue weighted by Gasteiger charge is -2.41. The van der Waals surface area contributed by atoms with Gasteiger partial charge in [0, 0.05) is 17.9 Å². The Kier molecular flexibility index (Phi) is 5.46. The number of benzene rings is 2. The van der Waals surface area contributed by atoms with Crippen LogP contribution in [0.15, 0.2) is 48.2 Å². The lowest BCUT2D eigenvalue weighted by Crippen LogP contribution is -2.43. The van der Waals surface area contributed by atoms with Crippen molar-refractivity contribution in [2.24, 2.45) is 0 Å². The molecule has 1 saturated heterocycles. The number of carbonyl (C=O) groups excluding carboxylic acids is 1. The van der Waals surface area contributed by atoms with Gasteiger partial charge in [0.05, 0.1) is 12.7 Å².